The zero-order valence-corrected chi connectivity index (χ0v) is 14.4. The van der Waals surface area contributed by atoms with Crippen LogP contribution in [0.15, 0.2) is 42.6 Å². The molecule has 8 heteroatoms. The number of alkyl halides is 3. The first-order valence-corrected chi connectivity index (χ1v) is 10.6. The third kappa shape index (κ3) is 4.82. The molecule has 0 saturated heterocycles. The maximum atomic E-state index is 12.8. The Hall–Kier alpha value is -2.35. The molecular weight excluding hydrogens is 337 g/mol. The van der Waals surface area contributed by atoms with Gasteiger partial charge in [0.2, 0.25) is 8.32 Å². The van der Waals surface area contributed by atoms with Gasteiger partial charge in [0.05, 0.1) is 5.56 Å². The molecule has 2 rings (SSSR count). The van der Waals surface area contributed by atoms with Crippen molar-refractivity contribution in [3.63, 3.8) is 0 Å². The second-order valence-corrected chi connectivity index (χ2v) is 10.5. The van der Waals surface area contributed by atoms with Crippen molar-refractivity contribution in [2.45, 2.75) is 25.8 Å². The van der Waals surface area contributed by atoms with E-state index in [9.17, 15) is 18.0 Å². The molecule has 24 heavy (non-hydrogen) atoms. The summed E-state index contributed by atoms with van der Waals surface area (Å²) < 4.78 is 43.8. The zero-order chi connectivity index (χ0) is 18.0. The lowest BCUT2D eigenvalue weighted by molar-refractivity contribution is -0.137. The van der Waals surface area contributed by atoms with Crippen LogP contribution >= 0.6 is 0 Å². The Morgan fingerprint density at radius 3 is 2.50 bits per heavy atom. The van der Waals surface area contributed by atoms with E-state index in [4.69, 9.17) is 4.43 Å². The van der Waals surface area contributed by atoms with Crippen molar-refractivity contribution in [2.75, 3.05) is 5.32 Å². The number of carbonyl (C=O) groups excluding carboxylic acids is 1. The Kier molecular flexibility index (Phi) is 4.98. The van der Waals surface area contributed by atoms with Crippen LogP contribution in [0.25, 0.3) is 0 Å². The molecule has 1 heterocycles. The summed E-state index contributed by atoms with van der Waals surface area (Å²) in [6.07, 6.45) is -3.00. The Morgan fingerprint density at radius 1 is 1.17 bits per heavy atom. The van der Waals surface area contributed by atoms with Crippen molar-refractivity contribution >= 4 is 25.8 Å². The highest BCUT2D eigenvalue weighted by Gasteiger charge is 2.30. The molecule has 0 saturated carbocycles. The molecular formula is C16H17F3N2O2Si. The summed E-state index contributed by atoms with van der Waals surface area (Å²) in [5.74, 6) is -0.392. The van der Waals surface area contributed by atoms with Gasteiger partial charge in [-0.05, 0) is 50.0 Å². The maximum Gasteiger partial charge on any atom is 0.416 e. The van der Waals surface area contributed by atoms with Crippen molar-refractivity contribution in [2.24, 2.45) is 0 Å². The van der Waals surface area contributed by atoms with Crippen molar-refractivity contribution in [3.8, 4) is 0 Å². The second-order valence-electron chi connectivity index (χ2n) is 6.11. The lowest BCUT2D eigenvalue weighted by Gasteiger charge is -2.18. The van der Waals surface area contributed by atoms with Crippen molar-refractivity contribution in [3.05, 3.63) is 53.7 Å². The molecule has 0 unspecified atom stereocenters. The SMILES string of the molecule is C[Si](C)(C)OC(=O)c1cccnc1Nc1cccc(C(F)(F)F)c1. The predicted molar refractivity (Wildman–Crippen MR) is 87.7 cm³/mol. The zero-order valence-electron chi connectivity index (χ0n) is 13.4. The molecule has 0 radical (unpaired) electrons. The number of hydrogen-bond acceptors (Lipinski definition) is 4. The maximum absolute atomic E-state index is 12.8. The fourth-order valence-electron chi connectivity index (χ4n) is 1.91. The molecule has 0 bridgehead atoms. The molecule has 0 atom stereocenters. The van der Waals surface area contributed by atoms with Gasteiger partial charge in [0.1, 0.15) is 11.4 Å². The van der Waals surface area contributed by atoms with Crippen molar-refractivity contribution in [1.82, 2.24) is 4.98 Å². The average molecular weight is 354 g/mol. The van der Waals surface area contributed by atoms with Gasteiger partial charge in [-0.15, -0.1) is 0 Å². The first kappa shape index (κ1) is 18.0. The van der Waals surface area contributed by atoms with Crippen LogP contribution in [0.4, 0.5) is 24.7 Å². The van der Waals surface area contributed by atoms with Crippen LogP contribution in [0.2, 0.25) is 19.6 Å². The van der Waals surface area contributed by atoms with Gasteiger partial charge in [0, 0.05) is 11.9 Å². The van der Waals surface area contributed by atoms with E-state index in [0.29, 0.717) is 0 Å². The number of aromatic nitrogens is 1. The number of benzene rings is 1. The Labute approximate surface area is 138 Å². The van der Waals surface area contributed by atoms with Crippen LogP contribution in [0.1, 0.15) is 15.9 Å². The molecule has 0 spiro atoms. The molecule has 0 fully saturated rings. The topological polar surface area (TPSA) is 51.2 Å². The summed E-state index contributed by atoms with van der Waals surface area (Å²) in [4.78, 5) is 16.3. The lowest BCUT2D eigenvalue weighted by atomic mass is 10.2. The molecule has 0 aliphatic carbocycles. The molecule has 1 aromatic heterocycles. The van der Waals surface area contributed by atoms with Gasteiger partial charge in [-0.3, -0.25) is 0 Å². The molecule has 128 valence electrons. The molecule has 1 aromatic carbocycles. The van der Waals surface area contributed by atoms with E-state index < -0.39 is 26.0 Å². The molecule has 2 aromatic rings. The van der Waals surface area contributed by atoms with Gasteiger partial charge >= 0.3 is 12.1 Å². The third-order valence-electron chi connectivity index (χ3n) is 2.88. The van der Waals surface area contributed by atoms with Crippen LogP contribution in [0, 0.1) is 0 Å². The summed E-state index contributed by atoms with van der Waals surface area (Å²) >= 11 is 0. The number of nitrogens with zero attached hydrogens (tertiary/aromatic N) is 1. The van der Waals surface area contributed by atoms with E-state index in [-0.39, 0.29) is 17.1 Å². The van der Waals surface area contributed by atoms with E-state index in [1.165, 1.54) is 24.4 Å². The van der Waals surface area contributed by atoms with Gasteiger partial charge in [0.25, 0.3) is 0 Å². The van der Waals surface area contributed by atoms with E-state index >= 15 is 0 Å². The number of hydrogen-bond donors (Lipinski definition) is 1. The smallest absolute Gasteiger partial charge is 0.416 e. The molecule has 4 nitrogen and oxygen atoms in total. The Morgan fingerprint density at radius 2 is 1.88 bits per heavy atom. The number of halogens is 3. The summed E-state index contributed by atoms with van der Waals surface area (Å²) in [7, 11) is -2.11. The number of rotatable bonds is 4. The number of anilines is 2. The van der Waals surface area contributed by atoms with Crippen LogP contribution < -0.4 is 5.32 Å². The Balaban J connectivity index is 2.30. The molecule has 0 aliphatic heterocycles. The Bertz CT molecular complexity index is 743. The molecule has 0 amide bonds. The van der Waals surface area contributed by atoms with Gasteiger partial charge in [0.15, 0.2) is 0 Å². The highest BCUT2D eigenvalue weighted by molar-refractivity contribution is 6.71. The van der Waals surface area contributed by atoms with Crippen molar-refractivity contribution < 1.29 is 22.4 Å². The molecule has 1 N–H and O–H groups in total. The molecule has 0 aliphatic rings. The highest BCUT2D eigenvalue weighted by atomic mass is 28.4. The normalized spacial score (nSPS) is 11.9. The van der Waals surface area contributed by atoms with Gasteiger partial charge in [-0.1, -0.05) is 6.07 Å². The number of nitrogens with one attached hydrogen (secondary N) is 1. The van der Waals surface area contributed by atoms with E-state index in [1.54, 1.807) is 6.07 Å². The van der Waals surface area contributed by atoms with E-state index in [2.05, 4.69) is 10.3 Å². The fraction of sp³-hybridized carbons (Fsp3) is 0.250. The van der Waals surface area contributed by atoms with E-state index in [0.717, 1.165) is 12.1 Å². The standard InChI is InChI=1S/C16H17F3N2O2Si/c1-24(2,3)23-15(22)13-8-5-9-20-14(13)21-12-7-4-6-11(10-12)16(17,18)19/h4-10H,1-3H3,(H,20,21). The van der Waals surface area contributed by atoms with Gasteiger partial charge in [-0.25, -0.2) is 9.78 Å². The first-order chi connectivity index (χ1) is 11.1. The summed E-state index contributed by atoms with van der Waals surface area (Å²) in [5.41, 5.74) is -0.419. The summed E-state index contributed by atoms with van der Waals surface area (Å²) in [6, 6.07) is 7.78. The minimum absolute atomic E-state index is 0.153. The quantitative estimate of drug-likeness (QED) is 0.799. The van der Waals surface area contributed by atoms with E-state index in [1.807, 2.05) is 19.6 Å². The fourth-order valence-corrected chi connectivity index (χ4v) is 2.58. The van der Waals surface area contributed by atoms with Crippen LogP contribution in [-0.4, -0.2) is 19.3 Å². The number of carbonyl (C=O) groups is 1. The predicted octanol–water partition coefficient (Wildman–Crippen LogP) is 4.84. The van der Waals surface area contributed by atoms with Crippen LogP contribution in [-0.2, 0) is 10.6 Å². The third-order valence-corrected chi connectivity index (χ3v) is 3.68. The van der Waals surface area contributed by atoms with Crippen LogP contribution in [0.3, 0.4) is 0 Å². The second kappa shape index (κ2) is 6.64. The first-order valence-electron chi connectivity index (χ1n) is 7.19. The van der Waals surface area contributed by atoms with Gasteiger partial charge < -0.3 is 9.74 Å². The average Bonchev–Trinajstić information content (AvgIpc) is 2.45. The minimum Gasteiger partial charge on any atom is -0.516 e. The van der Waals surface area contributed by atoms with Crippen LogP contribution in [0.5, 0.6) is 0 Å². The summed E-state index contributed by atoms with van der Waals surface area (Å²) in [6.45, 7) is 5.59. The highest BCUT2D eigenvalue weighted by Crippen LogP contribution is 2.31. The largest absolute Gasteiger partial charge is 0.516 e. The number of pyridine rings is 1. The minimum atomic E-state index is -4.44. The summed E-state index contributed by atoms with van der Waals surface area (Å²) in [5, 5.41) is 2.76. The monoisotopic (exact) mass is 354 g/mol. The lowest BCUT2D eigenvalue weighted by Crippen LogP contribution is -2.29. The van der Waals surface area contributed by atoms with Gasteiger partial charge in [-0.2, -0.15) is 13.2 Å². The van der Waals surface area contributed by atoms with Crippen molar-refractivity contribution in [1.29, 1.82) is 0 Å².